The van der Waals surface area contributed by atoms with Crippen molar-refractivity contribution in [3.05, 3.63) is 71.8 Å². The van der Waals surface area contributed by atoms with Gasteiger partial charge in [-0.15, -0.1) is 6.42 Å². The fraction of sp³-hybridized carbons (Fsp3) is 0.130. The van der Waals surface area contributed by atoms with Crippen LogP contribution in [0.25, 0.3) is 5.57 Å². The van der Waals surface area contributed by atoms with E-state index < -0.39 is 15.4 Å². The lowest BCUT2D eigenvalue weighted by Crippen LogP contribution is -2.22. The number of nitrogens with zero attached hydrogens (tertiary/aromatic N) is 1. The SMILES string of the molecule is C#C/C=C\C=C/C(=C)c1cnc(NC(=O)C(=N)c2ccc(S(=C)(=O)C3CC3)cc2)s1. The largest absolute Gasteiger partial charge is 0.296 e. The third-order valence-electron chi connectivity index (χ3n) is 4.48. The monoisotopic (exact) mass is 435 g/mol. The number of thiazole rings is 1. The van der Waals surface area contributed by atoms with Gasteiger partial charge in [0.25, 0.3) is 5.91 Å². The lowest BCUT2D eigenvalue weighted by atomic mass is 10.1. The van der Waals surface area contributed by atoms with Gasteiger partial charge in [-0.3, -0.25) is 19.7 Å². The van der Waals surface area contributed by atoms with Crippen LogP contribution in [0.4, 0.5) is 5.13 Å². The van der Waals surface area contributed by atoms with Gasteiger partial charge in [-0.25, -0.2) is 4.98 Å². The van der Waals surface area contributed by atoms with E-state index in [4.69, 9.17) is 11.8 Å². The molecular formula is C23H21N3O2S2. The Bertz CT molecular complexity index is 1190. The van der Waals surface area contributed by atoms with Gasteiger partial charge in [-0.05, 0) is 52.0 Å². The van der Waals surface area contributed by atoms with Crippen LogP contribution in [0.2, 0.25) is 0 Å². The van der Waals surface area contributed by atoms with E-state index in [2.05, 4.69) is 28.7 Å². The Hall–Kier alpha value is -3.21. The summed E-state index contributed by atoms with van der Waals surface area (Å²) in [5.41, 5.74) is 0.970. The number of allylic oxidation sites excluding steroid dienone is 5. The van der Waals surface area contributed by atoms with Gasteiger partial charge in [0.1, 0.15) is 5.71 Å². The van der Waals surface area contributed by atoms with E-state index in [1.54, 1.807) is 54.8 Å². The number of rotatable bonds is 8. The Morgan fingerprint density at radius 2 is 2.03 bits per heavy atom. The molecule has 7 heteroatoms. The Labute approximate surface area is 180 Å². The zero-order valence-corrected chi connectivity index (χ0v) is 17.9. The first-order valence-electron chi connectivity index (χ1n) is 9.14. The van der Waals surface area contributed by atoms with Gasteiger partial charge < -0.3 is 0 Å². The molecule has 0 spiro atoms. The standard InChI is InChI=1S/C23H21N3O2S2/c1-4-5-6-7-8-16(2)20-15-25-23(29-20)26-22(27)21(24)17-9-11-18(12-10-17)30(3,28)19-13-14-19/h1,5-12,15,19,24H,2-3,13-14H2,(H,25,26,27)/b6-5-,8-7-,24-21?. The molecule has 152 valence electrons. The summed E-state index contributed by atoms with van der Waals surface area (Å²) in [4.78, 5) is 18.1. The van der Waals surface area contributed by atoms with Gasteiger partial charge in [-0.1, -0.05) is 54.2 Å². The van der Waals surface area contributed by atoms with Crippen molar-refractivity contribution in [2.75, 3.05) is 5.32 Å². The molecule has 1 heterocycles. The molecule has 1 aromatic carbocycles. The van der Waals surface area contributed by atoms with E-state index in [0.717, 1.165) is 23.3 Å². The minimum absolute atomic E-state index is 0.142. The molecule has 5 nitrogen and oxygen atoms in total. The molecule has 0 radical (unpaired) electrons. The molecule has 3 rings (SSSR count). The van der Waals surface area contributed by atoms with Gasteiger partial charge >= 0.3 is 0 Å². The number of terminal acetylenes is 1. The van der Waals surface area contributed by atoms with E-state index in [9.17, 15) is 9.00 Å². The molecule has 1 fully saturated rings. The number of hydrogen-bond donors (Lipinski definition) is 2. The number of benzene rings is 1. The maximum Gasteiger partial charge on any atom is 0.275 e. The molecule has 1 aromatic heterocycles. The Kier molecular flexibility index (Phi) is 6.50. The van der Waals surface area contributed by atoms with Gasteiger partial charge in [0.2, 0.25) is 0 Å². The minimum Gasteiger partial charge on any atom is -0.296 e. The van der Waals surface area contributed by atoms with Crippen LogP contribution in [-0.2, 0) is 14.3 Å². The summed E-state index contributed by atoms with van der Waals surface area (Å²) in [6.45, 7) is 3.96. The first-order valence-corrected chi connectivity index (χ1v) is 11.7. The number of nitrogens with one attached hydrogen (secondary N) is 2. The smallest absolute Gasteiger partial charge is 0.275 e. The van der Waals surface area contributed by atoms with Crippen molar-refractivity contribution in [1.29, 1.82) is 5.41 Å². The van der Waals surface area contributed by atoms with Crippen molar-refractivity contribution in [1.82, 2.24) is 4.98 Å². The molecule has 2 aromatic rings. The van der Waals surface area contributed by atoms with E-state index in [0.29, 0.717) is 15.6 Å². The van der Waals surface area contributed by atoms with Crippen molar-refractivity contribution < 1.29 is 9.00 Å². The van der Waals surface area contributed by atoms with Crippen LogP contribution in [0.5, 0.6) is 0 Å². The molecule has 0 saturated heterocycles. The highest BCUT2D eigenvalue weighted by Gasteiger charge is 2.31. The van der Waals surface area contributed by atoms with Crippen LogP contribution < -0.4 is 5.32 Å². The number of amides is 1. The Balaban J connectivity index is 1.63. The van der Waals surface area contributed by atoms with E-state index in [1.807, 2.05) is 0 Å². The number of hydrogen-bond acceptors (Lipinski definition) is 5. The number of carbonyl (C=O) groups is 1. The highest BCUT2D eigenvalue weighted by atomic mass is 32.2. The molecule has 30 heavy (non-hydrogen) atoms. The zero-order valence-electron chi connectivity index (χ0n) is 16.3. The quantitative estimate of drug-likeness (QED) is 0.283. The summed E-state index contributed by atoms with van der Waals surface area (Å²) < 4.78 is 12.7. The molecule has 1 amide bonds. The number of anilines is 1. The van der Waals surface area contributed by atoms with E-state index >= 15 is 0 Å². The number of carbonyl (C=O) groups excluding carboxylic acids is 1. The summed E-state index contributed by atoms with van der Waals surface area (Å²) in [7, 11) is -2.30. The molecule has 1 aliphatic rings. The summed E-state index contributed by atoms with van der Waals surface area (Å²) in [5, 5.41) is 11.3. The molecular weight excluding hydrogens is 414 g/mol. The Morgan fingerprint density at radius 3 is 2.67 bits per heavy atom. The first kappa shape index (κ1) is 21.5. The highest BCUT2D eigenvalue weighted by Crippen LogP contribution is 2.33. The Morgan fingerprint density at radius 1 is 1.33 bits per heavy atom. The third-order valence-corrected chi connectivity index (χ3v) is 8.08. The van der Waals surface area contributed by atoms with Crippen LogP contribution in [-0.4, -0.2) is 31.9 Å². The van der Waals surface area contributed by atoms with Crippen molar-refractivity contribution >= 4 is 49.1 Å². The van der Waals surface area contributed by atoms with Crippen LogP contribution in [0.1, 0.15) is 23.3 Å². The second-order valence-corrected chi connectivity index (χ2v) is 10.3. The molecule has 1 saturated carbocycles. The molecule has 1 aliphatic carbocycles. The van der Waals surface area contributed by atoms with Gasteiger partial charge in [0.15, 0.2) is 5.13 Å². The fourth-order valence-corrected chi connectivity index (χ4v) is 5.27. The second kappa shape index (κ2) is 9.08. The van der Waals surface area contributed by atoms with Crippen LogP contribution in [0.15, 0.2) is 66.2 Å². The van der Waals surface area contributed by atoms with Crippen LogP contribution in [0, 0.1) is 17.8 Å². The first-order chi connectivity index (χ1) is 14.3. The summed E-state index contributed by atoms with van der Waals surface area (Å²) in [6.07, 6.45) is 15.5. The minimum atomic E-state index is -2.30. The summed E-state index contributed by atoms with van der Waals surface area (Å²) >= 11 is 1.26. The predicted octanol–water partition coefficient (Wildman–Crippen LogP) is 4.15. The average molecular weight is 436 g/mol. The zero-order chi connectivity index (χ0) is 21.7. The average Bonchev–Trinajstić information content (AvgIpc) is 3.51. The van der Waals surface area contributed by atoms with Crippen molar-refractivity contribution in [2.24, 2.45) is 0 Å². The topological polar surface area (TPSA) is 82.9 Å². The molecule has 0 aliphatic heterocycles. The fourth-order valence-electron chi connectivity index (χ4n) is 2.63. The molecule has 0 bridgehead atoms. The molecule has 1 unspecified atom stereocenters. The van der Waals surface area contributed by atoms with Crippen molar-refractivity contribution in [3.8, 4) is 12.3 Å². The van der Waals surface area contributed by atoms with Crippen molar-refractivity contribution in [2.45, 2.75) is 23.0 Å². The van der Waals surface area contributed by atoms with Crippen LogP contribution >= 0.6 is 11.3 Å². The second-order valence-electron chi connectivity index (χ2n) is 6.72. The van der Waals surface area contributed by atoms with E-state index in [1.165, 1.54) is 11.3 Å². The number of aromatic nitrogens is 1. The lowest BCUT2D eigenvalue weighted by Gasteiger charge is -2.09. The normalized spacial score (nSPS) is 15.6. The highest BCUT2D eigenvalue weighted by molar-refractivity contribution is 8.01. The van der Waals surface area contributed by atoms with Crippen LogP contribution in [0.3, 0.4) is 0 Å². The maximum absolute atomic E-state index is 12.7. The van der Waals surface area contributed by atoms with E-state index in [-0.39, 0.29) is 11.0 Å². The third kappa shape index (κ3) is 5.03. The van der Waals surface area contributed by atoms with Gasteiger partial charge in [0, 0.05) is 21.9 Å². The van der Waals surface area contributed by atoms with Crippen molar-refractivity contribution in [3.63, 3.8) is 0 Å². The summed E-state index contributed by atoms with van der Waals surface area (Å²) in [6, 6.07) is 6.65. The predicted molar refractivity (Wildman–Crippen MR) is 127 cm³/mol. The summed E-state index contributed by atoms with van der Waals surface area (Å²) in [5.74, 6) is 5.70. The van der Waals surface area contributed by atoms with Gasteiger partial charge in [0.05, 0.1) is 4.88 Å². The molecule has 1 atom stereocenters. The van der Waals surface area contributed by atoms with Gasteiger partial charge in [-0.2, -0.15) is 0 Å². The lowest BCUT2D eigenvalue weighted by molar-refractivity contribution is -0.110. The molecule has 2 N–H and O–H groups in total. The maximum atomic E-state index is 12.7.